The number of rotatable bonds is 6. The summed E-state index contributed by atoms with van der Waals surface area (Å²) < 4.78 is 5.37. The molecule has 1 heterocycles. The van der Waals surface area contributed by atoms with Crippen molar-refractivity contribution in [1.82, 2.24) is 16.0 Å². The topological polar surface area (TPSA) is 78.7 Å². The zero-order valence-electron chi connectivity index (χ0n) is 17.0. The number of hydrogen-bond donors (Lipinski definition) is 3. The molecule has 6 nitrogen and oxygen atoms in total. The first-order valence-corrected chi connectivity index (χ1v) is 9.72. The lowest BCUT2D eigenvalue weighted by Crippen LogP contribution is -2.48. The van der Waals surface area contributed by atoms with E-state index in [-0.39, 0.29) is 42.0 Å². The number of nitrogens with zero attached hydrogens (tertiary/aromatic N) is 1. The summed E-state index contributed by atoms with van der Waals surface area (Å²) >= 11 is 0. The van der Waals surface area contributed by atoms with Gasteiger partial charge in [-0.1, -0.05) is 19.8 Å². The molecule has 0 aromatic carbocycles. The van der Waals surface area contributed by atoms with Crippen molar-refractivity contribution >= 4 is 35.8 Å². The van der Waals surface area contributed by atoms with Crippen molar-refractivity contribution in [2.45, 2.75) is 71.4 Å². The van der Waals surface area contributed by atoms with Crippen LogP contribution in [0, 0.1) is 5.92 Å². The summed E-state index contributed by atoms with van der Waals surface area (Å²) in [6.45, 7) is 9.02. The van der Waals surface area contributed by atoms with Crippen LogP contribution < -0.4 is 16.0 Å². The standard InChI is InChI=1S/C20H34N4O2.HI/c1-15-8-5-6-10-17(15)23-19(21-12-11-16-9-7-13-26-16)22-14-18(25)24-20(2,3)4;/h7,9,13,15,17H,5-6,8,10-12,14H2,1-4H3,(H,24,25)(H2,21,22,23);1H. The SMILES string of the molecule is CC1CCCCC1NC(=NCC(=O)NC(C)(C)C)NCCc1ccco1.I. The van der Waals surface area contributed by atoms with Crippen LogP contribution in [0.15, 0.2) is 27.8 Å². The first-order chi connectivity index (χ1) is 12.3. The molecule has 2 rings (SSSR count). The van der Waals surface area contributed by atoms with Crippen molar-refractivity contribution < 1.29 is 9.21 Å². The predicted octanol–water partition coefficient (Wildman–Crippen LogP) is 3.47. The summed E-state index contributed by atoms with van der Waals surface area (Å²) in [4.78, 5) is 16.6. The first kappa shape index (κ1) is 23.8. The van der Waals surface area contributed by atoms with Crippen molar-refractivity contribution in [2.75, 3.05) is 13.1 Å². The van der Waals surface area contributed by atoms with Crippen LogP contribution >= 0.6 is 24.0 Å². The summed E-state index contributed by atoms with van der Waals surface area (Å²) in [5.74, 6) is 2.19. The van der Waals surface area contributed by atoms with Crippen LogP contribution in [-0.4, -0.2) is 36.5 Å². The number of guanidine groups is 1. The Balaban J connectivity index is 0.00000364. The van der Waals surface area contributed by atoms with Gasteiger partial charge in [-0.2, -0.15) is 0 Å². The minimum Gasteiger partial charge on any atom is -0.469 e. The molecule has 2 unspecified atom stereocenters. The van der Waals surface area contributed by atoms with Gasteiger partial charge in [0, 0.05) is 24.5 Å². The van der Waals surface area contributed by atoms with Gasteiger partial charge in [-0.25, -0.2) is 4.99 Å². The van der Waals surface area contributed by atoms with E-state index in [0.717, 1.165) is 18.6 Å². The van der Waals surface area contributed by atoms with Gasteiger partial charge in [0.1, 0.15) is 12.3 Å². The van der Waals surface area contributed by atoms with Crippen LogP contribution in [0.2, 0.25) is 0 Å². The summed E-state index contributed by atoms with van der Waals surface area (Å²) in [6, 6.07) is 4.26. The first-order valence-electron chi connectivity index (χ1n) is 9.72. The molecule has 0 spiro atoms. The largest absolute Gasteiger partial charge is 0.469 e. The molecule has 1 aliphatic carbocycles. The Morgan fingerprint density at radius 1 is 1.30 bits per heavy atom. The highest BCUT2D eigenvalue weighted by Crippen LogP contribution is 2.23. The summed E-state index contributed by atoms with van der Waals surface area (Å²) in [5.41, 5.74) is -0.245. The van der Waals surface area contributed by atoms with Gasteiger partial charge < -0.3 is 20.4 Å². The number of hydrogen-bond acceptors (Lipinski definition) is 3. The molecule has 1 aromatic heterocycles. The van der Waals surface area contributed by atoms with E-state index in [1.165, 1.54) is 19.3 Å². The molecular formula is C20H35IN4O2. The van der Waals surface area contributed by atoms with Crippen molar-refractivity contribution in [3.63, 3.8) is 0 Å². The lowest BCUT2D eigenvalue weighted by Gasteiger charge is -2.31. The van der Waals surface area contributed by atoms with Gasteiger partial charge in [0.05, 0.1) is 6.26 Å². The monoisotopic (exact) mass is 490 g/mol. The smallest absolute Gasteiger partial charge is 0.242 e. The van der Waals surface area contributed by atoms with Gasteiger partial charge in [-0.05, 0) is 51.7 Å². The molecule has 2 atom stereocenters. The molecule has 0 saturated heterocycles. The molecule has 1 fully saturated rings. The Kier molecular flexibility index (Phi) is 10.2. The van der Waals surface area contributed by atoms with E-state index >= 15 is 0 Å². The van der Waals surface area contributed by atoms with Crippen LogP contribution in [0.3, 0.4) is 0 Å². The van der Waals surface area contributed by atoms with Crippen LogP contribution in [-0.2, 0) is 11.2 Å². The molecule has 0 radical (unpaired) electrons. The highest BCUT2D eigenvalue weighted by atomic mass is 127. The average molecular weight is 490 g/mol. The minimum absolute atomic E-state index is 0. The maximum absolute atomic E-state index is 12.1. The maximum atomic E-state index is 12.1. The fourth-order valence-electron chi connectivity index (χ4n) is 3.23. The number of carbonyl (C=O) groups is 1. The third-order valence-corrected chi connectivity index (χ3v) is 4.57. The second-order valence-electron chi connectivity index (χ2n) is 8.23. The van der Waals surface area contributed by atoms with Gasteiger partial charge in [-0.3, -0.25) is 4.79 Å². The second kappa shape index (κ2) is 11.6. The van der Waals surface area contributed by atoms with Gasteiger partial charge in [0.2, 0.25) is 5.91 Å². The minimum atomic E-state index is -0.245. The maximum Gasteiger partial charge on any atom is 0.242 e. The number of nitrogens with one attached hydrogen (secondary N) is 3. The highest BCUT2D eigenvalue weighted by molar-refractivity contribution is 14.0. The molecule has 27 heavy (non-hydrogen) atoms. The molecule has 7 heteroatoms. The highest BCUT2D eigenvalue weighted by Gasteiger charge is 2.22. The van der Waals surface area contributed by atoms with Gasteiger partial charge in [0.25, 0.3) is 0 Å². The lowest BCUT2D eigenvalue weighted by atomic mass is 9.86. The fraction of sp³-hybridized carbons (Fsp3) is 0.700. The Morgan fingerprint density at radius 3 is 2.67 bits per heavy atom. The van der Waals surface area contributed by atoms with Crippen LogP contribution in [0.4, 0.5) is 0 Å². The van der Waals surface area contributed by atoms with Crippen molar-refractivity contribution in [1.29, 1.82) is 0 Å². The average Bonchev–Trinajstić information content (AvgIpc) is 3.06. The van der Waals surface area contributed by atoms with Crippen molar-refractivity contribution in [3.05, 3.63) is 24.2 Å². The van der Waals surface area contributed by atoms with E-state index in [4.69, 9.17) is 4.42 Å². The zero-order valence-corrected chi connectivity index (χ0v) is 19.3. The second-order valence-corrected chi connectivity index (χ2v) is 8.23. The van der Waals surface area contributed by atoms with E-state index in [2.05, 4.69) is 27.9 Å². The van der Waals surface area contributed by atoms with Crippen LogP contribution in [0.5, 0.6) is 0 Å². The predicted molar refractivity (Wildman–Crippen MR) is 121 cm³/mol. The van der Waals surface area contributed by atoms with Crippen LogP contribution in [0.25, 0.3) is 0 Å². The lowest BCUT2D eigenvalue weighted by molar-refractivity contribution is -0.121. The van der Waals surface area contributed by atoms with Gasteiger partial charge >= 0.3 is 0 Å². The molecular weight excluding hydrogens is 455 g/mol. The summed E-state index contributed by atoms with van der Waals surface area (Å²) in [7, 11) is 0. The number of halogens is 1. The third kappa shape index (κ3) is 9.48. The molecule has 3 N–H and O–H groups in total. The Labute approximate surface area is 180 Å². The molecule has 154 valence electrons. The fourth-order valence-corrected chi connectivity index (χ4v) is 3.23. The quantitative estimate of drug-likeness (QED) is 0.324. The normalized spacial score (nSPS) is 20.5. The molecule has 1 aromatic rings. The third-order valence-electron chi connectivity index (χ3n) is 4.57. The van der Waals surface area contributed by atoms with Crippen molar-refractivity contribution in [2.24, 2.45) is 10.9 Å². The van der Waals surface area contributed by atoms with Crippen LogP contribution in [0.1, 0.15) is 59.1 Å². The Hall–Kier alpha value is -1.25. The van der Waals surface area contributed by atoms with Gasteiger partial charge in [-0.15, -0.1) is 24.0 Å². The van der Waals surface area contributed by atoms with Gasteiger partial charge in [0.15, 0.2) is 5.96 Å². The Bertz CT molecular complexity index is 581. The molecule has 1 amide bonds. The van der Waals surface area contributed by atoms with E-state index < -0.39 is 0 Å². The molecule has 1 saturated carbocycles. The Morgan fingerprint density at radius 2 is 2.04 bits per heavy atom. The summed E-state index contributed by atoms with van der Waals surface area (Å²) in [5, 5.41) is 9.82. The molecule has 0 bridgehead atoms. The van der Waals surface area contributed by atoms with E-state index in [1.807, 2.05) is 32.9 Å². The van der Waals surface area contributed by atoms with E-state index in [0.29, 0.717) is 24.5 Å². The number of furan rings is 1. The van der Waals surface area contributed by atoms with Crippen molar-refractivity contribution in [3.8, 4) is 0 Å². The molecule has 0 aliphatic heterocycles. The number of amides is 1. The molecule has 1 aliphatic rings. The zero-order chi connectivity index (χ0) is 19.0. The van der Waals surface area contributed by atoms with E-state index in [9.17, 15) is 4.79 Å². The number of aliphatic imine (C=N–C) groups is 1. The summed E-state index contributed by atoms with van der Waals surface area (Å²) in [6.07, 6.45) is 7.39. The number of carbonyl (C=O) groups excluding carboxylic acids is 1. The van der Waals surface area contributed by atoms with E-state index in [1.54, 1.807) is 6.26 Å².